The topological polar surface area (TPSA) is 66.5 Å². The van der Waals surface area contributed by atoms with E-state index in [0.29, 0.717) is 30.2 Å². The predicted octanol–water partition coefficient (Wildman–Crippen LogP) is 2.96. The molecule has 0 heterocycles. The van der Waals surface area contributed by atoms with Gasteiger partial charge in [0, 0.05) is 18.9 Å². The minimum absolute atomic E-state index is 0.186. The lowest BCUT2D eigenvalue weighted by molar-refractivity contribution is -0.188. The Labute approximate surface area is 134 Å². The Hall–Kier alpha value is -0.380. The van der Waals surface area contributed by atoms with Crippen LogP contribution >= 0.6 is 0 Å². The van der Waals surface area contributed by atoms with E-state index in [0.717, 1.165) is 24.7 Å². The Balaban J connectivity index is 1.67. The maximum Gasteiger partial charge on any atom is 0.166 e. The van der Waals surface area contributed by atoms with Gasteiger partial charge in [-0.25, -0.2) is 0 Å². The smallest absolute Gasteiger partial charge is 0.166 e. The number of nitrogens with two attached hydrogens (primary N) is 1. The molecule has 1 unspecified atom stereocenters. The third-order valence-corrected chi connectivity index (χ3v) is 8.22. The van der Waals surface area contributed by atoms with Crippen LogP contribution < -0.4 is 5.73 Å². The third kappa shape index (κ3) is 1.91. The van der Waals surface area contributed by atoms with Crippen LogP contribution in [0.1, 0.15) is 65.2 Å². The Morgan fingerprint density at radius 3 is 2.59 bits per heavy atom. The fourth-order valence-electron chi connectivity index (χ4n) is 6.67. The molecule has 0 amide bonds. The molecule has 3 saturated carbocycles. The van der Waals surface area contributed by atoms with Crippen LogP contribution in [0, 0.1) is 28.6 Å². The fraction of sp³-hybridized carbons (Fsp3) is 0.895. The van der Waals surface area contributed by atoms with Gasteiger partial charge in [-0.3, -0.25) is 0 Å². The highest BCUT2D eigenvalue weighted by molar-refractivity contribution is 5.26. The van der Waals surface area contributed by atoms with Crippen LogP contribution in [0.3, 0.4) is 0 Å². The van der Waals surface area contributed by atoms with Crippen molar-refractivity contribution in [2.24, 2.45) is 34.3 Å². The van der Waals surface area contributed by atoms with Crippen molar-refractivity contribution in [2.75, 3.05) is 0 Å². The van der Waals surface area contributed by atoms with Gasteiger partial charge in [-0.2, -0.15) is 0 Å². The molecule has 22 heavy (non-hydrogen) atoms. The summed E-state index contributed by atoms with van der Waals surface area (Å²) in [7, 11) is 0. The summed E-state index contributed by atoms with van der Waals surface area (Å²) in [4.78, 5) is 0. The highest BCUT2D eigenvalue weighted by Gasteiger charge is 2.58. The Morgan fingerprint density at radius 2 is 1.82 bits per heavy atom. The van der Waals surface area contributed by atoms with E-state index < -0.39 is 5.79 Å². The van der Waals surface area contributed by atoms with Crippen LogP contribution in [-0.4, -0.2) is 22.0 Å². The van der Waals surface area contributed by atoms with Gasteiger partial charge in [0.05, 0.1) is 0 Å². The van der Waals surface area contributed by atoms with Gasteiger partial charge < -0.3 is 15.9 Å². The normalized spacial score (nSPS) is 53.2. The van der Waals surface area contributed by atoms with Crippen molar-refractivity contribution in [1.82, 2.24) is 0 Å². The van der Waals surface area contributed by atoms with Crippen LogP contribution in [0.2, 0.25) is 0 Å². The average molecular weight is 305 g/mol. The maximum absolute atomic E-state index is 10.0. The molecule has 124 valence electrons. The first kappa shape index (κ1) is 15.2. The van der Waals surface area contributed by atoms with Crippen molar-refractivity contribution in [1.29, 1.82) is 0 Å². The third-order valence-electron chi connectivity index (χ3n) is 8.22. The number of hydrogen-bond donors (Lipinski definition) is 3. The summed E-state index contributed by atoms with van der Waals surface area (Å²) in [5.41, 5.74) is 8.31. The first-order valence-corrected chi connectivity index (χ1v) is 9.16. The second-order valence-electron chi connectivity index (χ2n) is 9.15. The number of allylic oxidation sites excluding steroid dienone is 1. The van der Waals surface area contributed by atoms with Gasteiger partial charge >= 0.3 is 0 Å². The molecule has 3 nitrogen and oxygen atoms in total. The molecule has 0 bridgehead atoms. The van der Waals surface area contributed by atoms with Crippen LogP contribution in [0.5, 0.6) is 0 Å². The Kier molecular flexibility index (Phi) is 3.16. The van der Waals surface area contributed by atoms with E-state index in [1.807, 2.05) is 0 Å². The van der Waals surface area contributed by atoms with E-state index in [9.17, 15) is 10.2 Å². The Morgan fingerprint density at radius 1 is 1.05 bits per heavy atom. The zero-order valence-electron chi connectivity index (χ0n) is 14.0. The fourth-order valence-corrected chi connectivity index (χ4v) is 6.67. The maximum atomic E-state index is 10.0. The Bertz CT molecular complexity index is 514. The van der Waals surface area contributed by atoms with E-state index in [4.69, 9.17) is 5.73 Å². The lowest BCUT2D eigenvalue weighted by Gasteiger charge is -2.58. The molecular weight excluding hydrogens is 274 g/mol. The highest BCUT2D eigenvalue weighted by atomic mass is 16.5. The molecule has 3 fully saturated rings. The lowest BCUT2D eigenvalue weighted by Crippen LogP contribution is -2.53. The predicted molar refractivity (Wildman–Crippen MR) is 86.8 cm³/mol. The van der Waals surface area contributed by atoms with Crippen molar-refractivity contribution in [2.45, 2.75) is 77.0 Å². The van der Waals surface area contributed by atoms with Crippen molar-refractivity contribution < 1.29 is 10.2 Å². The van der Waals surface area contributed by atoms with Gasteiger partial charge in [0.15, 0.2) is 5.79 Å². The van der Waals surface area contributed by atoms with Crippen molar-refractivity contribution >= 4 is 0 Å². The van der Waals surface area contributed by atoms with Gasteiger partial charge in [-0.1, -0.05) is 25.5 Å². The van der Waals surface area contributed by atoms with E-state index in [1.165, 1.54) is 31.3 Å². The van der Waals surface area contributed by atoms with Crippen LogP contribution in [-0.2, 0) is 0 Å². The molecule has 0 radical (unpaired) electrons. The van der Waals surface area contributed by atoms with Crippen LogP contribution in [0.15, 0.2) is 11.6 Å². The van der Waals surface area contributed by atoms with Crippen molar-refractivity contribution in [3.8, 4) is 0 Å². The number of hydrogen-bond acceptors (Lipinski definition) is 3. The lowest BCUT2D eigenvalue weighted by atomic mass is 9.47. The van der Waals surface area contributed by atoms with Gasteiger partial charge in [0.2, 0.25) is 0 Å². The summed E-state index contributed by atoms with van der Waals surface area (Å²) < 4.78 is 0. The zero-order valence-corrected chi connectivity index (χ0v) is 14.0. The molecule has 6 atom stereocenters. The molecule has 3 heteroatoms. The van der Waals surface area contributed by atoms with E-state index in [2.05, 4.69) is 19.9 Å². The number of aliphatic hydroxyl groups is 2. The standard InChI is InChI=1S/C19H31NO2/c1-17-9-10-19(21,22)11-12(17)3-4-13-14-5-6-16(20)18(14,2)8-7-15(13)17/h3,13-16,21-22H,4-11,20H2,1-2H3/t13-,14-,15+,16?,17-,18-/m0/s1. The van der Waals surface area contributed by atoms with E-state index >= 15 is 0 Å². The molecule has 0 aromatic heterocycles. The molecular formula is C19H31NO2. The molecule has 4 aliphatic rings. The quantitative estimate of drug-likeness (QED) is 0.476. The molecule has 0 aliphatic heterocycles. The molecule has 4 N–H and O–H groups in total. The zero-order chi connectivity index (χ0) is 15.8. The largest absolute Gasteiger partial charge is 0.365 e. The van der Waals surface area contributed by atoms with Gasteiger partial charge in [0.1, 0.15) is 0 Å². The summed E-state index contributed by atoms with van der Waals surface area (Å²) in [5.74, 6) is 0.764. The van der Waals surface area contributed by atoms with Gasteiger partial charge in [0.25, 0.3) is 0 Å². The van der Waals surface area contributed by atoms with E-state index in [-0.39, 0.29) is 5.41 Å². The van der Waals surface area contributed by atoms with Crippen LogP contribution in [0.25, 0.3) is 0 Å². The SMILES string of the molecule is C[C@]12CCC(O)(O)CC1=CC[C@@H]1[C@H]2CC[C@]2(C)C(N)CC[C@@H]12. The number of fused-ring (bicyclic) bond motifs is 5. The minimum Gasteiger partial charge on any atom is -0.365 e. The first-order chi connectivity index (χ1) is 10.3. The average Bonchev–Trinajstić information content (AvgIpc) is 2.76. The second kappa shape index (κ2) is 4.58. The molecule has 0 saturated heterocycles. The summed E-state index contributed by atoms with van der Waals surface area (Å²) >= 11 is 0. The van der Waals surface area contributed by atoms with Gasteiger partial charge in [-0.15, -0.1) is 0 Å². The number of rotatable bonds is 0. The molecule has 4 rings (SSSR count). The van der Waals surface area contributed by atoms with Gasteiger partial charge in [-0.05, 0) is 67.1 Å². The molecule has 0 aromatic carbocycles. The summed E-state index contributed by atoms with van der Waals surface area (Å²) in [6, 6.07) is 0.380. The summed E-state index contributed by atoms with van der Waals surface area (Å²) in [6.07, 6.45) is 10.4. The highest BCUT2D eigenvalue weighted by Crippen LogP contribution is 2.64. The second-order valence-corrected chi connectivity index (χ2v) is 9.15. The first-order valence-electron chi connectivity index (χ1n) is 9.16. The van der Waals surface area contributed by atoms with E-state index in [1.54, 1.807) is 0 Å². The summed E-state index contributed by atoms with van der Waals surface area (Å²) in [5, 5.41) is 20.1. The molecule has 4 aliphatic carbocycles. The molecule has 0 spiro atoms. The van der Waals surface area contributed by atoms with Crippen molar-refractivity contribution in [3.05, 3.63) is 11.6 Å². The molecule has 0 aromatic rings. The minimum atomic E-state index is -1.48. The van der Waals surface area contributed by atoms with Crippen molar-refractivity contribution in [3.63, 3.8) is 0 Å². The summed E-state index contributed by atoms with van der Waals surface area (Å²) in [6.45, 7) is 4.82. The van der Waals surface area contributed by atoms with Crippen LogP contribution in [0.4, 0.5) is 0 Å². The monoisotopic (exact) mass is 305 g/mol.